The molecule has 35 heavy (non-hydrogen) atoms. The molecule has 7 heteroatoms. The van der Waals surface area contributed by atoms with Crippen LogP contribution in [0.2, 0.25) is 5.02 Å². The molecule has 0 bridgehead atoms. The van der Waals surface area contributed by atoms with Crippen LogP contribution in [0.5, 0.6) is 0 Å². The van der Waals surface area contributed by atoms with Crippen LogP contribution in [0.1, 0.15) is 64.5 Å². The van der Waals surface area contributed by atoms with E-state index in [1.165, 1.54) is 0 Å². The second-order valence-corrected chi connectivity index (χ2v) is 13.1. The monoisotopic (exact) mass is 516 g/mol. The Labute approximate surface area is 217 Å². The Kier molecular flexibility index (Phi) is 9.16. The van der Waals surface area contributed by atoms with Crippen LogP contribution in [0.25, 0.3) is 0 Å². The number of nitrogens with zero attached hydrogens (tertiary/aromatic N) is 1. The Hall–Kier alpha value is -2.18. The number of benzene rings is 1. The molecule has 1 aliphatic heterocycles. The Balaban J connectivity index is 1.89. The predicted octanol–water partition coefficient (Wildman–Crippen LogP) is 5.71. The summed E-state index contributed by atoms with van der Waals surface area (Å²) in [5.74, 6) is 0.128. The zero-order chi connectivity index (χ0) is 25.8. The summed E-state index contributed by atoms with van der Waals surface area (Å²) < 4.78 is 12.8. The fourth-order valence-electron chi connectivity index (χ4n) is 4.64. The summed E-state index contributed by atoms with van der Waals surface area (Å²) in [6, 6.07) is 7.41. The smallest absolute Gasteiger partial charge is 0.227 e. The molecule has 3 unspecified atom stereocenters. The Morgan fingerprint density at radius 1 is 1.20 bits per heavy atom. The molecule has 1 aromatic carbocycles. The van der Waals surface area contributed by atoms with Crippen molar-refractivity contribution in [3.63, 3.8) is 0 Å². The quantitative estimate of drug-likeness (QED) is 0.405. The van der Waals surface area contributed by atoms with Crippen molar-refractivity contribution >= 4 is 34.2 Å². The van der Waals surface area contributed by atoms with Gasteiger partial charge in [0.25, 0.3) is 0 Å². The highest BCUT2D eigenvalue weighted by atomic mass is 35.5. The van der Waals surface area contributed by atoms with Gasteiger partial charge in [0, 0.05) is 50.4 Å². The van der Waals surface area contributed by atoms with Crippen molar-refractivity contribution < 1.29 is 13.8 Å². The number of halogens is 1. The molecule has 2 fully saturated rings. The van der Waals surface area contributed by atoms with Crippen molar-refractivity contribution in [3.8, 4) is 0 Å². The van der Waals surface area contributed by atoms with Gasteiger partial charge in [-0.2, -0.15) is 0 Å². The highest BCUT2D eigenvalue weighted by Gasteiger charge is 2.46. The molecule has 3 rings (SSSR count). The maximum atomic E-state index is 14.0. The van der Waals surface area contributed by atoms with Gasteiger partial charge >= 0.3 is 0 Å². The number of carbonyl (C=O) groups excluding carboxylic acids is 2. The number of piperidine rings is 1. The number of allylic oxidation sites excluding steroid dienone is 3. The highest BCUT2D eigenvalue weighted by molar-refractivity contribution is 7.86. The Morgan fingerprint density at radius 2 is 1.86 bits per heavy atom. The van der Waals surface area contributed by atoms with Crippen LogP contribution in [0, 0.1) is 11.8 Å². The molecule has 5 nitrogen and oxygen atoms in total. The fraction of sp³-hybridized carbons (Fsp3) is 0.500. The van der Waals surface area contributed by atoms with Gasteiger partial charge in [0.2, 0.25) is 11.8 Å². The first-order chi connectivity index (χ1) is 16.5. The minimum absolute atomic E-state index is 0.0259. The fourth-order valence-corrected chi connectivity index (χ4v) is 6.00. The van der Waals surface area contributed by atoms with E-state index in [0.717, 1.165) is 24.8 Å². The van der Waals surface area contributed by atoms with E-state index in [1.54, 1.807) is 18.2 Å². The number of nitrogens with one attached hydrogen (secondary N) is 1. The van der Waals surface area contributed by atoms with Crippen LogP contribution >= 0.6 is 11.6 Å². The van der Waals surface area contributed by atoms with Crippen molar-refractivity contribution in [2.24, 2.45) is 11.8 Å². The van der Waals surface area contributed by atoms with E-state index in [-0.39, 0.29) is 35.1 Å². The van der Waals surface area contributed by atoms with Gasteiger partial charge in [0.05, 0.1) is 6.04 Å². The van der Waals surface area contributed by atoms with Gasteiger partial charge in [-0.25, -0.2) is 0 Å². The summed E-state index contributed by atoms with van der Waals surface area (Å²) in [5.41, 5.74) is 1.58. The summed E-state index contributed by atoms with van der Waals surface area (Å²) in [6.45, 7) is 13.3. The summed E-state index contributed by atoms with van der Waals surface area (Å²) >= 11 is 6.13. The van der Waals surface area contributed by atoms with E-state index in [1.807, 2.05) is 49.9 Å². The summed E-state index contributed by atoms with van der Waals surface area (Å²) in [6.07, 6.45) is 8.32. The molecule has 1 saturated carbocycles. The van der Waals surface area contributed by atoms with Crippen LogP contribution < -0.4 is 5.32 Å². The average Bonchev–Trinajstić information content (AvgIpc) is 3.64. The molecule has 190 valence electrons. The van der Waals surface area contributed by atoms with Crippen molar-refractivity contribution in [1.82, 2.24) is 10.2 Å². The molecule has 1 saturated heterocycles. The van der Waals surface area contributed by atoms with E-state index >= 15 is 0 Å². The lowest BCUT2D eigenvalue weighted by Crippen LogP contribution is -2.53. The SMILES string of the molecule is C=C/C=C(\C=C)NC(=O)C[C@H]1CCC(c2ccc(Cl)cc2)N(C(CS(=O)C(C)(C)C)C2CC2)C1=O. The largest absolute Gasteiger partial charge is 0.331 e. The topological polar surface area (TPSA) is 66.5 Å². The maximum absolute atomic E-state index is 14.0. The molecule has 0 spiro atoms. The van der Waals surface area contributed by atoms with Crippen LogP contribution in [-0.2, 0) is 20.4 Å². The number of rotatable bonds is 10. The second kappa shape index (κ2) is 11.7. The van der Waals surface area contributed by atoms with Gasteiger partial charge in [0.15, 0.2) is 0 Å². The van der Waals surface area contributed by atoms with Crippen LogP contribution in [0.15, 0.2) is 61.3 Å². The van der Waals surface area contributed by atoms with Gasteiger partial charge in [-0.05, 0) is 82.2 Å². The molecular weight excluding hydrogens is 480 g/mol. The zero-order valence-electron chi connectivity index (χ0n) is 21.0. The van der Waals surface area contributed by atoms with Crippen molar-refractivity contribution in [2.75, 3.05) is 5.75 Å². The molecule has 0 aromatic heterocycles. The molecule has 1 aliphatic carbocycles. The van der Waals surface area contributed by atoms with Crippen molar-refractivity contribution in [1.29, 1.82) is 0 Å². The standard InChI is InChI=1S/C28H37ClN2O3S/c1-6-8-23(7-2)30-26(32)17-21-13-16-24(19-11-14-22(29)15-12-19)31(27(21)33)25(20-9-10-20)18-35(34)28(3,4)5/h6-8,11-12,14-15,20-21,24-25H,1-2,9-10,13,16-18H2,3-5H3,(H,30,32)/b23-8+/t21-,24?,25?,35?/m1/s1. The van der Waals surface area contributed by atoms with E-state index in [9.17, 15) is 13.8 Å². The van der Waals surface area contributed by atoms with Gasteiger partial charge in [-0.3, -0.25) is 13.8 Å². The number of hydrogen-bond donors (Lipinski definition) is 1. The zero-order valence-corrected chi connectivity index (χ0v) is 22.5. The first-order valence-corrected chi connectivity index (χ1v) is 14.0. The minimum atomic E-state index is -1.10. The van der Waals surface area contributed by atoms with Crippen LogP contribution in [0.4, 0.5) is 0 Å². The summed E-state index contributed by atoms with van der Waals surface area (Å²) in [4.78, 5) is 28.7. The van der Waals surface area contributed by atoms with E-state index < -0.39 is 16.7 Å². The van der Waals surface area contributed by atoms with Crippen LogP contribution in [0.3, 0.4) is 0 Å². The normalized spacial score (nSPS) is 22.9. The first kappa shape index (κ1) is 27.4. The van der Waals surface area contributed by atoms with E-state index in [4.69, 9.17) is 11.6 Å². The molecule has 0 radical (unpaired) electrons. The van der Waals surface area contributed by atoms with E-state index in [2.05, 4.69) is 18.5 Å². The van der Waals surface area contributed by atoms with Crippen molar-refractivity contribution in [3.05, 3.63) is 71.9 Å². The molecule has 1 heterocycles. The lowest BCUT2D eigenvalue weighted by Gasteiger charge is -2.45. The number of likely N-dealkylation sites (tertiary alicyclic amines) is 1. The first-order valence-electron chi connectivity index (χ1n) is 12.3. The second-order valence-electron chi connectivity index (χ2n) is 10.4. The minimum Gasteiger partial charge on any atom is -0.331 e. The van der Waals surface area contributed by atoms with Crippen molar-refractivity contribution in [2.45, 2.75) is 69.7 Å². The number of amides is 2. The van der Waals surface area contributed by atoms with E-state index in [0.29, 0.717) is 28.8 Å². The average molecular weight is 517 g/mol. The lowest BCUT2D eigenvalue weighted by molar-refractivity contribution is -0.147. The highest BCUT2D eigenvalue weighted by Crippen LogP contribution is 2.44. The third-order valence-corrected chi connectivity index (χ3v) is 9.01. The Morgan fingerprint density at radius 3 is 2.40 bits per heavy atom. The molecule has 2 aliphatic rings. The third kappa shape index (κ3) is 7.17. The Bertz CT molecular complexity index is 1010. The van der Waals surface area contributed by atoms with Gasteiger partial charge in [-0.1, -0.05) is 43.0 Å². The van der Waals surface area contributed by atoms with Crippen LogP contribution in [-0.4, -0.2) is 37.5 Å². The summed E-state index contributed by atoms with van der Waals surface area (Å²) in [7, 11) is -1.10. The number of carbonyl (C=O) groups is 2. The van der Waals surface area contributed by atoms with Gasteiger partial charge < -0.3 is 10.2 Å². The molecule has 4 atom stereocenters. The lowest BCUT2D eigenvalue weighted by atomic mass is 9.84. The number of hydrogen-bond acceptors (Lipinski definition) is 3. The third-order valence-electron chi connectivity index (χ3n) is 6.74. The molecule has 1 N–H and O–H groups in total. The van der Waals surface area contributed by atoms with Gasteiger partial charge in [-0.15, -0.1) is 0 Å². The maximum Gasteiger partial charge on any atom is 0.227 e. The molecule has 1 aromatic rings. The van der Waals surface area contributed by atoms with Gasteiger partial charge in [0.1, 0.15) is 0 Å². The molecule has 2 amide bonds. The summed E-state index contributed by atoms with van der Waals surface area (Å²) in [5, 5.41) is 3.46. The molecular formula is C28H37ClN2O3S. The predicted molar refractivity (Wildman–Crippen MR) is 144 cm³/mol.